The lowest BCUT2D eigenvalue weighted by molar-refractivity contribution is -0.136. The van der Waals surface area contributed by atoms with Gasteiger partial charge in [-0.3, -0.25) is 9.59 Å². The van der Waals surface area contributed by atoms with E-state index in [1.54, 1.807) is 0 Å². The molecule has 1 fully saturated rings. The van der Waals surface area contributed by atoms with Crippen LogP contribution < -0.4 is 5.32 Å². The molecular weight excluding hydrogens is 317 g/mol. The SMILES string of the molecule is CNC(=O)C1CN(C(=O)c2cnn(-c3ccc(F)cc3)n2)CCO1. The number of nitrogens with one attached hydrogen (secondary N) is 1. The lowest BCUT2D eigenvalue weighted by atomic mass is 10.2. The predicted molar refractivity (Wildman–Crippen MR) is 81.0 cm³/mol. The first-order chi connectivity index (χ1) is 11.6. The van der Waals surface area contributed by atoms with Crippen molar-refractivity contribution in [2.45, 2.75) is 6.10 Å². The van der Waals surface area contributed by atoms with E-state index in [4.69, 9.17) is 4.74 Å². The monoisotopic (exact) mass is 333 g/mol. The second-order valence-corrected chi connectivity index (χ2v) is 5.22. The van der Waals surface area contributed by atoms with Crippen LogP contribution in [0.2, 0.25) is 0 Å². The molecule has 1 N–H and O–H groups in total. The highest BCUT2D eigenvalue weighted by atomic mass is 19.1. The number of morpholine rings is 1. The van der Waals surface area contributed by atoms with E-state index in [1.807, 2.05) is 0 Å². The fourth-order valence-electron chi connectivity index (χ4n) is 2.38. The summed E-state index contributed by atoms with van der Waals surface area (Å²) in [5.74, 6) is -0.973. The molecule has 2 heterocycles. The Bertz CT molecular complexity index is 746. The summed E-state index contributed by atoms with van der Waals surface area (Å²) in [6, 6.07) is 5.60. The van der Waals surface area contributed by atoms with E-state index in [-0.39, 0.29) is 36.5 Å². The molecule has 0 radical (unpaired) electrons. The second kappa shape index (κ2) is 6.75. The van der Waals surface area contributed by atoms with Crippen LogP contribution in [0, 0.1) is 5.82 Å². The molecule has 0 aliphatic carbocycles. The van der Waals surface area contributed by atoms with Gasteiger partial charge in [-0.1, -0.05) is 0 Å². The lowest BCUT2D eigenvalue weighted by Gasteiger charge is -2.31. The number of nitrogens with zero attached hydrogens (tertiary/aromatic N) is 4. The number of hydrogen-bond acceptors (Lipinski definition) is 5. The highest BCUT2D eigenvalue weighted by Crippen LogP contribution is 2.11. The number of hydrogen-bond donors (Lipinski definition) is 1. The number of carbonyl (C=O) groups is 2. The van der Waals surface area contributed by atoms with Crippen LogP contribution in [0.1, 0.15) is 10.5 Å². The third kappa shape index (κ3) is 3.25. The molecule has 0 bridgehead atoms. The van der Waals surface area contributed by atoms with Crippen LogP contribution in [-0.2, 0) is 9.53 Å². The smallest absolute Gasteiger partial charge is 0.276 e. The zero-order valence-electron chi connectivity index (χ0n) is 13.0. The Labute approximate surface area is 137 Å². The molecule has 1 unspecified atom stereocenters. The van der Waals surface area contributed by atoms with Crippen LogP contribution in [0.5, 0.6) is 0 Å². The van der Waals surface area contributed by atoms with Gasteiger partial charge in [0.1, 0.15) is 5.82 Å². The molecule has 1 saturated heterocycles. The number of aromatic nitrogens is 3. The Balaban J connectivity index is 1.73. The maximum atomic E-state index is 13.0. The van der Waals surface area contributed by atoms with Crippen molar-refractivity contribution in [3.63, 3.8) is 0 Å². The molecule has 126 valence electrons. The Morgan fingerprint density at radius 2 is 2.08 bits per heavy atom. The number of carbonyl (C=O) groups excluding carboxylic acids is 2. The summed E-state index contributed by atoms with van der Waals surface area (Å²) in [4.78, 5) is 26.9. The quantitative estimate of drug-likeness (QED) is 0.854. The zero-order chi connectivity index (χ0) is 17.1. The number of ether oxygens (including phenoxy) is 1. The molecule has 1 atom stereocenters. The molecule has 1 aromatic carbocycles. The Kier molecular flexibility index (Phi) is 4.52. The van der Waals surface area contributed by atoms with E-state index in [1.165, 1.54) is 47.2 Å². The average molecular weight is 333 g/mol. The van der Waals surface area contributed by atoms with Crippen molar-refractivity contribution in [3.8, 4) is 5.69 Å². The van der Waals surface area contributed by atoms with Crippen molar-refractivity contribution in [2.75, 3.05) is 26.7 Å². The van der Waals surface area contributed by atoms with Crippen LogP contribution in [0.25, 0.3) is 5.69 Å². The minimum atomic E-state index is -0.695. The van der Waals surface area contributed by atoms with Gasteiger partial charge < -0.3 is 15.0 Å². The number of halogens is 1. The summed E-state index contributed by atoms with van der Waals surface area (Å²) < 4.78 is 18.3. The molecule has 2 aromatic rings. The van der Waals surface area contributed by atoms with Gasteiger partial charge in [0, 0.05) is 13.6 Å². The van der Waals surface area contributed by atoms with Crippen molar-refractivity contribution in [1.29, 1.82) is 0 Å². The summed E-state index contributed by atoms with van der Waals surface area (Å²) in [6.07, 6.45) is 0.649. The standard InChI is InChI=1S/C15H16FN5O3/c1-17-14(22)13-9-20(6-7-24-13)15(23)12-8-18-21(19-12)11-4-2-10(16)3-5-11/h2-5,8,13H,6-7,9H2,1H3,(H,17,22). The first-order valence-electron chi connectivity index (χ1n) is 7.39. The maximum Gasteiger partial charge on any atom is 0.276 e. The highest BCUT2D eigenvalue weighted by Gasteiger charge is 2.30. The van der Waals surface area contributed by atoms with E-state index in [9.17, 15) is 14.0 Å². The van der Waals surface area contributed by atoms with Gasteiger partial charge >= 0.3 is 0 Å². The second-order valence-electron chi connectivity index (χ2n) is 5.22. The van der Waals surface area contributed by atoms with Crippen molar-refractivity contribution < 1.29 is 18.7 Å². The summed E-state index contributed by atoms with van der Waals surface area (Å²) in [6.45, 7) is 0.799. The van der Waals surface area contributed by atoms with Crippen LogP contribution in [0.4, 0.5) is 4.39 Å². The van der Waals surface area contributed by atoms with Gasteiger partial charge in [0.05, 0.1) is 25.0 Å². The number of likely N-dealkylation sites (N-methyl/N-ethyl adjacent to an activating group) is 1. The summed E-state index contributed by atoms with van der Waals surface area (Å²) in [5.41, 5.74) is 0.692. The third-order valence-corrected chi connectivity index (χ3v) is 3.66. The van der Waals surface area contributed by atoms with E-state index >= 15 is 0 Å². The van der Waals surface area contributed by atoms with E-state index < -0.39 is 6.10 Å². The molecule has 3 rings (SSSR count). The van der Waals surface area contributed by atoms with E-state index in [0.717, 1.165) is 0 Å². The van der Waals surface area contributed by atoms with Gasteiger partial charge in [0.25, 0.3) is 11.8 Å². The molecule has 1 aromatic heterocycles. The molecule has 0 spiro atoms. The van der Waals surface area contributed by atoms with Crippen molar-refractivity contribution in [1.82, 2.24) is 25.2 Å². The van der Waals surface area contributed by atoms with Crippen LogP contribution in [-0.4, -0.2) is 64.6 Å². The molecule has 0 saturated carbocycles. The number of benzene rings is 1. The topological polar surface area (TPSA) is 89.4 Å². The fourth-order valence-corrected chi connectivity index (χ4v) is 2.38. The van der Waals surface area contributed by atoms with Crippen molar-refractivity contribution in [2.24, 2.45) is 0 Å². The largest absolute Gasteiger partial charge is 0.365 e. The van der Waals surface area contributed by atoms with E-state index in [0.29, 0.717) is 12.2 Å². The summed E-state index contributed by atoms with van der Waals surface area (Å²) in [5, 5.41) is 10.7. The zero-order valence-corrected chi connectivity index (χ0v) is 13.0. The Hall–Kier alpha value is -2.81. The molecule has 2 amide bonds. The average Bonchev–Trinajstić information content (AvgIpc) is 3.11. The molecule has 1 aliphatic heterocycles. The molecular formula is C15H16FN5O3. The maximum absolute atomic E-state index is 13.0. The third-order valence-electron chi connectivity index (χ3n) is 3.66. The van der Waals surface area contributed by atoms with Gasteiger partial charge in [-0.05, 0) is 24.3 Å². The summed E-state index contributed by atoms with van der Waals surface area (Å²) in [7, 11) is 1.51. The fraction of sp³-hybridized carbons (Fsp3) is 0.333. The molecule has 9 heteroatoms. The van der Waals surface area contributed by atoms with Gasteiger partial charge in [0.15, 0.2) is 11.8 Å². The van der Waals surface area contributed by atoms with Crippen LogP contribution in [0.3, 0.4) is 0 Å². The molecule has 8 nitrogen and oxygen atoms in total. The van der Waals surface area contributed by atoms with Crippen LogP contribution >= 0.6 is 0 Å². The van der Waals surface area contributed by atoms with Gasteiger partial charge in [0.2, 0.25) is 0 Å². The van der Waals surface area contributed by atoms with Crippen LogP contribution in [0.15, 0.2) is 30.5 Å². The highest BCUT2D eigenvalue weighted by molar-refractivity contribution is 5.92. The van der Waals surface area contributed by atoms with Crippen molar-refractivity contribution in [3.05, 3.63) is 42.0 Å². The first kappa shape index (κ1) is 16.1. The lowest BCUT2D eigenvalue weighted by Crippen LogP contribution is -2.51. The minimum Gasteiger partial charge on any atom is -0.365 e. The number of rotatable bonds is 3. The summed E-state index contributed by atoms with van der Waals surface area (Å²) >= 11 is 0. The number of amides is 2. The molecule has 24 heavy (non-hydrogen) atoms. The van der Waals surface area contributed by atoms with Gasteiger partial charge in [-0.2, -0.15) is 9.90 Å². The minimum absolute atomic E-state index is 0.150. The normalized spacial score (nSPS) is 17.6. The first-order valence-corrected chi connectivity index (χ1v) is 7.39. The van der Waals surface area contributed by atoms with E-state index in [2.05, 4.69) is 15.5 Å². The predicted octanol–water partition coefficient (Wildman–Crippen LogP) is -0.00660. The van der Waals surface area contributed by atoms with Gasteiger partial charge in [-0.25, -0.2) is 4.39 Å². The van der Waals surface area contributed by atoms with Crippen molar-refractivity contribution >= 4 is 11.8 Å². The molecule has 1 aliphatic rings. The van der Waals surface area contributed by atoms with Gasteiger partial charge in [-0.15, -0.1) is 5.10 Å². The Morgan fingerprint density at radius 1 is 1.33 bits per heavy atom. The Morgan fingerprint density at radius 3 is 2.79 bits per heavy atom.